The smallest absolute Gasteiger partial charge is 0.253 e. The zero-order valence-electron chi connectivity index (χ0n) is 22.3. The number of carbonyl (C=O) groups excluding carboxylic acids is 2. The highest BCUT2D eigenvalue weighted by Gasteiger charge is 2.44. The predicted octanol–water partition coefficient (Wildman–Crippen LogP) is 1.41. The van der Waals surface area contributed by atoms with E-state index in [1.54, 1.807) is 9.47 Å². The lowest BCUT2D eigenvalue weighted by Gasteiger charge is -2.18. The summed E-state index contributed by atoms with van der Waals surface area (Å²) in [7, 11) is 0. The molecule has 1 fully saturated rings. The van der Waals surface area contributed by atoms with E-state index in [1.165, 1.54) is 31.3 Å². The molecule has 1 aliphatic rings. The van der Waals surface area contributed by atoms with E-state index in [9.17, 15) is 19.8 Å². The molecule has 12 nitrogen and oxygen atoms in total. The Balaban J connectivity index is 1.40. The number of aromatic nitrogens is 4. The monoisotopic (exact) mass is 557 g/mol. The van der Waals surface area contributed by atoms with Crippen molar-refractivity contribution >= 4 is 40.6 Å². The van der Waals surface area contributed by atoms with Gasteiger partial charge in [-0.25, -0.2) is 15.0 Å². The van der Waals surface area contributed by atoms with E-state index in [-0.39, 0.29) is 11.8 Å². The number of benzene rings is 1. The zero-order valence-corrected chi connectivity index (χ0v) is 23.1. The Hall–Kier alpha value is -3.26. The van der Waals surface area contributed by atoms with Gasteiger partial charge < -0.3 is 30.5 Å². The topological polar surface area (TPSA) is 155 Å². The lowest BCUT2D eigenvalue weighted by atomic mass is 10.1. The lowest BCUT2D eigenvalue weighted by Crippen LogP contribution is -2.33. The molecule has 0 radical (unpaired) electrons. The standard InChI is InChI=1S/C26H35N7O5S/c1-4-32(5-2)25(37)18-8-6-17(7-9-18)12-28-23-20-24(30-14-29-23)33(15-31-20)26-22(36)21(35)19(38-26)13-39-11-10-27-16(3)34/h6-9,14-15,19,21-22,26,35-36H,4-5,10-13H2,1-3H3,(H,27,34)(H,28,29,30)/t19-,21-,22-,26-/m1/s1. The van der Waals surface area contributed by atoms with Gasteiger partial charge in [-0.3, -0.25) is 14.2 Å². The summed E-state index contributed by atoms with van der Waals surface area (Å²) in [6, 6.07) is 7.44. The number of nitrogens with one attached hydrogen (secondary N) is 2. The van der Waals surface area contributed by atoms with Crippen LogP contribution in [0.4, 0.5) is 5.82 Å². The first kappa shape index (κ1) is 28.7. The second-order valence-corrected chi connectivity index (χ2v) is 10.3. The van der Waals surface area contributed by atoms with Crippen molar-refractivity contribution in [3.05, 3.63) is 48.0 Å². The van der Waals surface area contributed by atoms with Gasteiger partial charge in [-0.15, -0.1) is 0 Å². The molecule has 0 aliphatic carbocycles. The summed E-state index contributed by atoms with van der Waals surface area (Å²) in [6.07, 6.45) is -0.748. The van der Waals surface area contributed by atoms with Crippen LogP contribution in [0.3, 0.4) is 0 Å². The summed E-state index contributed by atoms with van der Waals surface area (Å²) in [5.74, 6) is 1.56. The molecule has 3 heterocycles. The molecule has 0 saturated carbocycles. The Morgan fingerprint density at radius 2 is 1.85 bits per heavy atom. The van der Waals surface area contributed by atoms with Crippen LogP contribution in [0.5, 0.6) is 0 Å². The second-order valence-electron chi connectivity index (χ2n) is 9.18. The van der Waals surface area contributed by atoms with Crippen LogP contribution in [-0.4, -0.2) is 95.9 Å². The van der Waals surface area contributed by atoms with Gasteiger partial charge in [-0.1, -0.05) is 12.1 Å². The Morgan fingerprint density at radius 1 is 1.10 bits per heavy atom. The molecule has 4 atom stereocenters. The minimum absolute atomic E-state index is 0.00909. The van der Waals surface area contributed by atoms with E-state index in [0.717, 1.165) is 5.56 Å². The fraction of sp³-hybridized carbons (Fsp3) is 0.500. The van der Waals surface area contributed by atoms with E-state index in [4.69, 9.17) is 4.74 Å². The van der Waals surface area contributed by atoms with Gasteiger partial charge in [0, 0.05) is 50.2 Å². The molecule has 39 heavy (non-hydrogen) atoms. The average Bonchev–Trinajstić information content (AvgIpc) is 3.49. The van der Waals surface area contributed by atoms with Crippen molar-refractivity contribution < 1.29 is 24.5 Å². The molecule has 2 aromatic heterocycles. The third-order valence-corrected chi connectivity index (χ3v) is 7.64. The van der Waals surface area contributed by atoms with Crippen LogP contribution in [0, 0.1) is 0 Å². The molecular weight excluding hydrogens is 522 g/mol. The molecule has 3 aromatic rings. The Kier molecular flexibility index (Phi) is 9.73. The maximum absolute atomic E-state index is 12.5. The largest absolute Gasteiger partial charge is 0.387 e. The maximum Gasteiger partial charge on any atom is 0.253 e. The van der Waals surface area contributed by atoms with Gasteiger partial charge in [-0.05, 0) is 31.5 Å². The first-order valence-electron chi connectivity index (χ1n) is 13.0. The summed E-state index contributed by atoms with van der Waals surface area (Å²) < 4.78 is 7.60. The molecule has 4 rings (SSSR count). The molecule has 0 bridgehead atoms. The molecule has 1 saturated heterocycles. The van der Waals surface area contributed by atoms with Crippen molar-refractivity contribution in [2.75, 3.05) is 36.5 Å². The van der Waals surface area contributed by atoms with Gasteiger partial charge in [0.2, 0.25) is 5.91 Å². The fourth-order valence-electron chi connectivity index (χ4n) is 4.41. The van der Waals surface area contributed by atoms with Crippen LogP contribution >= 0.6 is 11.8 Å². The molecule has 13 heteroatoms. The van der Waals surface area contributed by atoms with E-state index in [1.807, 2.05) is 38.1 Å². The number of carbonyl (C=O) groups is 2. The first-order valence-corrected chi connectivity index (χ1v) is 14.1. The van der Waals surface area contributed by atoms with Crippen LogP contribution in [-0.2, 0) is 16.1 Å². The van der Waals surface area contributed by atoms with Crippen molar-refractivity contribution in [1.29, 1.82) is 0 Å². The van der Waals surface area contributed by atoms with Crippen molar-refractivity contribution in [3.8, 4) is 0 Å². The predicted molar refractivity (Wildman–Crippen MR) is 148 cm³/mol. The Bertz CT molecular complexity index is 1270. The molecule has 1 aromatic carbocycles. The Labute approximate surface area is 231 Å². The number of aliphatic hydroxyl groups excluding tert-OH is 2. The van der Waals surface area contributed by atoms with E-state index in [0.29, 0.717) is 60.2 Å². The van der Waals surface area contributed by atoms with Gasteiger partial charge in [-0.2, -0.15) is 11.8 Å². The molecule has 1 aliphatic heterocycles. The number of fused-ring (bicyclic) bond motifs is 1. The number of imidazole rings is 1. The van der Waals surface area contributed by atoms with Crippen molar-refractivity contribution in [3.63, 3.8) is 0 Å². The zero-order chi connectivity index (χ0) is 27.9. The number of ether oxygens (including phenoxy) is 1. The lowest BCUT2D eigenvalue weighted by molar-refractivity contribution is -0.118. The van der Waals surface area contributed by atoms with Gasteiger partial charge in [0.05, 0.1) is 12.4 Å². The third-order valence-electron chi connectivity index (χ3n) is 6.58. The SMILES string of the molecule is CCN(CC)C(=O)c1ccc(CNc2ncnc3c2ncn3[C@@H]2O[C@H](CSCCNC(C)=O)[C@@H](O)[C@H]2O)cc1. The van der Waals surface area contributed by atoms with Gasteiger partial charge in [0.15, 0.2) is 23.2 Å². The highest BCUT2D eigenvalue weighted by Crippen LogP contribution is 2.33. The number of thioether (sulfide) groups is 1. The Morgan fingerprint density at radius 3 is 2.54 bits per heavy atom. The number of rotatable bonds is 12. The molecule has 0 spiro atoms. The van der Waals surface area contributed by atoms with E-state index in [2.05, 4.69) is 25.6 Å². The van der Waals surface area contributed by atoms with Gasteiger partial charge in [0.25, 0.3) is 5.91 Å². The van der Waals surface area contributed by atoms with Crippen LogP contribution in [0.2, 0.25) is 0 Å². The first-order chi connectivity index (χ1) is 18.8. The summed E-state index contributed by atoms with van der Waals surface area (Å²) in [5, 5.41) is 27.3. The highest BCUT2D eigenvalue weighted by atomic mass is 32.2. The minimum Gasteiger partial charge on any atom is -0.387 e. The number of amides is 2. The van der Waals surface area contributed by atoms with E-state index >= 15 is 0 Å². The summed E-state index contributed by atoms with van der Waals surface area (Å²) in [5.41, 5.74) is 2.58. The number of anilines is 1. The molecule has 2 amide bonds. The van der Waals surface area contributed by atoms with Crippen LogP contribution in [0.1, 0.15) is 42.9 Å². The van der Waals surface area contributed by atoms with E-state index < -0.39 is 24.5 Å². The minimum atomic E-state index is -1.16. The number of hydrogen-bond donors (Lipinski definition) is 4. The van der Waals surface area contributed by atoms with Crippen LogP contribution in [0.15, 0.2) is 36.9 Å². The quantitative estimate of drug-likeness (QED) is 0.240. The summed E-state index contributed by atoms with van der Waals surface area (Å²) >= 11 is 1.52. The van der Waals surface area contributed by atoms with Gasteiger partial charge >= 0.3 is 0 Å². The van der Waals surface area contributed by atoms with Crippen molar-refractivity contribution in [1.82, 2.24) is 29.7 Å². The molecular formula is C26H35N7O5S. The number of nitrogens with zero attached hydrogens (tertiary/aromatic N) is 5. The number of aliphatic hydroxyl groups is 2. The molecule has 210 valence electrons. The maximum atomic E-state index is 12.5. The number of hydrogen-bond acceptors (Lipinski definition) is 10. The van der Waals surface area contributed by atoms with Crippen LogP contribution in [0.25, 0.3) is 11.2 Å². The average molecular weight is 558 g/mol. The molecule has 4 N–H and O–H groups in total. The summed E-state index contributed by atoms with van der Waals surface area (Å²) in [4.78, 5) is 38.4. The third kappa shape index (κ3) is 6.67. The second kappa shape index (κ2) is 13.2. The fourth-order valence-corrected chi connectivity index (χ4v) is 5.33. The summed E-state index contributed by atoms with van der Waals surface area (Å²) in [6.45, 7) is 7.68. The normalized spacial score (nSPS) is 20.7. The van der Waals surface area contributed by atoms with Crippen molar-refractivity contribution in [2.45, 2.75) is 51.9 Å². The highest BCUT2D eigenvalue weighted by molar-refractivity contribution is 7.99. The van der Waals surface area contributed by atoms with Crippen LogP contribution < -0.4 is 10.6 Å². The van der Waals surface area contributed by atoms with Gasteiger partial charge in [0.1, 0.15) is 18.5 Å². The molecule has 0 unspecified atom stereocenters. The van der Waals surface area contributed by atoms with Crippen molar-refractivity contribution in [2.24, 2.45) is 0 Å².